The Morgan fingerprint density at radius 3 is 2.94 bits per heavy atom. The Morgan fingerprint density at radius 1 is 1.47 bits per heavy atom. The van der Waals surface area contributed by atoms with Crippen molar-refractivity contribution in [1.82, 2.24) is 9.97 Å². The first-order valence-electron chi connectivity index (χ1n) is 6.17. The molecule has 0 amide bonds. The van der Waals surface area contributed by atoms with Gasteiger partial charge >= 0.3 is 0 Å². The highest BCUT2D eigenvalue weighted by Gasteiger charge is 2.41. The molecule has 1 fully saturated rings. The van der Waals surface area contributed by atoms with Crippen LogP contribution in [0.5, 0.6) is 5.88 Å². The molecule has 0 aromatic carbocycles. The SMILES string of the molecule is CCOc1cc(NCC2(CCN)CC2)ncn1. The van der Waals surface area contributed by atoms with Crippen molar-refractivity contribution < 1.29 is 4.74 Å². The topological polar surface area (TPSA) is 73.1 Å². The zero-order valence-electron chi connectivity index (χ0n) is 10.3. The molecule has 94 valence electrons. The van der Waals surface area contributed by atoms with Gasteiger partial charge in [-0.3, -0.25) is 0 Å². The summed E-state index contributed by atoms with van der Waals surface area (Å²) in [6.07, 6.45) is 5.14. The third-order valence-electron chi connectivity index (χ3n) is 3.21. The molecule has 0 aliphatic heterocycles. The number of rotatable bonds is 7. The van der Waals surface area contributed by atoms with Crippen LogP contribution in [0.15, 0.2) is 12.4 Å². The summed E-state index contributed by atoms with van der Waals surface area (Å²) in [5.74, 6) is 1.44. The average Bonchev–Trinajstić information content (AvgIpc) is 3.09. The van der Waals surface area contributed by atoms with Gasteiger partial charge in [0.1, 0.15) is 12.1 Å². The largest absolute Gasteiger partial charge is 0.478 e. The number of aromatic nitrogens is 2. The number of hydrogen-bond acceptors (Lipinski definition) is 5. The molecule has 0 unspecified atom stereocenters. The highest BCUT2D eigenvalue weighted by atomic mass is 16.5. The summed E-state index contributed by atoms with van der Waals surface area (Å²) in [5.41, 5.74) is 6.02. The minimum atomic E-state index is 0.408. The predicted molar refractivity (Wildman–Crippen MR) is 67.0 cm³/mol. The maximum atomic E-state index is 5.61. The fraction of sp³-hybridized carbons (Fsp3) is 0.667. The molecule has 17 heavy (non-hydrogen) atoms. The third kappa shape index (κ3) is 3.30. The molecule has 5 heteroatoms. The van der Waals surface area contributed by atoms with Gasteiger partial charge in [-0.2, -0.15) is 0 Å². The van der Waals surface area contributed by atoms with Gasteiger partial charge in [0, 0.05) is 12.6 Å². The van der Waals surface area contributed by atoms with Crippen LogP contribution in [0.2, 0.25) is 0 Å². The zero-order chi connectivity index (χ0) is 12.1. The van der Waals surface area contributed by atoms with Crippen molar-refractivity contribution in [2.45, 2.75) is 26.2 Å². The first-order valence-corrected chi connectivity index (χ1v) is 6.17. The first kappa shape index (κ1) is 12.1. The number of anilines is 1. The van der Waals surface area contributed by atoms with E-state index in [0.717, 1.165) is 25.3 Å². The summed E-state index contributed by atoms with van der Waals surface area (Å²) >= 11 is 0. The normalized spacial score (nSPS) is 16.6. The molecule has 1 aliphatic carbocycles. The van der Waals surface area contributed by atoms with Gasteiger partial charge in [0.05, 0.1) is 6.61 Å². The minimum Gasteiger partial charge on any atom is -0.478 e. The van der Waals surface area contributed by atoms with Crippen LogP contribution in [0.4, 0.5) is 5.82 Å². The lowest BCUT2D eigenvalue weighted by Gasteiger charge is -2.15. The van der Waals surface area contributed by atoms with Gasteiger partial charge in [-0.15, -0.1) is 0 Å². The summed E-state index contributed by atoms with van der Waals surface area (Å²) in [4.78, 5) is 8.21. The molecule has 0 atom stereocenters. The molecular formula is C12H20N4O. The molecule has 1 heterocycles. The molecule has 0 bridgehead atoms. The first-order chi connectivity index (χ1) is 8.28. The Hall–Kier alpha value is -1.36. The van der Waals surface area contributed by atoms with E-state index in [-0.39, 0.29) is 0 Å². The maximum Gasteiger partial charge on any atom is 0.218 e. The summed E-state index contributed by atoms with van der Waals surface area (Å²) in [7, 11) is 0. The Labute approximate surface area is 102 Å². The molecule has 0 radical (unpaired) electrons. The molecule has 5 nitrogen and oxygen atoms in total. The van der Waals surface area contributed by atoms with Crippen molar-refractivity contribution >= 4 is 5.82 Å². The molecule has 1 aliphatic rings. The monoisotopic (exact) mass is 236 g/mol. The van der Waals surface area contributed by atoms with Gasteiger partial charge in [-0.25, -0.2) is 9.97 Å². The molecule has 0 spiro atoms. The van der Waals surface area contributed by atoms with Gasteiger partial charge in [0.25, 0.3) is 0 Å². The van der Waals surface area contributed by atoms with Gasteiger partial charge in [-0.1, -0.05) is 0 Å². The lowest BCUT2D eigenvalue weighted by atomic mass is 10.0. The molecular weight excluding hydrogens is 216 g/mol. The van der Waals surface area contributed by atoms with Crippen LogP contribution < -0.4 is 15.8 Å². The van der Waals surface area contributed by atoms with E-state index < -0.39 is 0 Å². The highest BCUT2D eigenvalue weighted by Crippen LogP contribution is 2.48. The van der Waals surface area contributed by atoms with Gasteiger partial charge in [-0.05, 0) is 38.1 Å². The fourth-order valence-corrected chi connectivity index (χ4v) is 1.94. The Morgan fingerprint density at radius 2 is 2.29 bits per heavy atom. The number of nitrogens with zero attached hydrogens (tertiary/aromatic N) is 2. The summed E-state index contributed by atoms with van der Waals surface area (Å²) in [5, 5.41) is 3.34. The minimum absolute atomic E-state index is 0.408. The second kappa shape index (κ2) is 5.31. The zero-order valence-corrected chi connectivity index (χ0v) is 10.3. The Bertz CT molecular complexity index is 365. The maximum absolute atomic E-state index is 5.61. The van der Waals surface area contributed by atoms with Crippen LogP contribution in [-0.4, -0.2) is 29.7 Å². The molecule has 1 saturated carbocycles. The lowest BCUT2D eigenvalue weighted by Crippen LogP contribution is -2.19. The van der Waals surface area contributed by atoms with Crippen molar-refractivity contribution in [3.63, 3.8) is 0 Å². The van der Waals surface area contributed by atoms with Gasteiger partial charge in [0.15, 0.2) is 0 Å². The van der Waals surface area contributed by atoms with Crippen molar-refractivity contribution in [3.05, 3.63) is 12.4 Å². The second-order valence-corrected chi connectivity index (χ2v) is 4.57. The standard InChI is InChI=1S/C12H20N4O/c1-2-17-11-7-10(15-9-16-11)14-8-12(3-4-12)5-6-13/h7,9H,2-6,8,13H2,1H3,(H,14,15,16). The molecule has 1 aromatic rings. The number of nitrogens with one attached hydrogen (secondary N) is 1. The van der Waals surface area contributed by atoms with Crippen molar-refractivity contribution in [2.24, 2.45) is 11.1 Å². The van der Waals surface area contributed by atoms with Crippen molar-refractivity contribution in [2.75, 3.05) is 25.0 Å². The van der Waals surface area contributed by atoms with E-state index in [1.54, 1.807) is 0 Å². The van der Waals surface area contributed by atoms with E-state index in [1.807, 2.05) is 13.0 Å². The van der Waals surface area contributed by atoms with E-state index in [4.69, 9.17) is 10.5 Å². The quantitative estimate of drug-likeness (QED) is 0.749. The smallest absolute Gasteiger partial charge is 0.218 e. The van der Waals surface area contributed by atoms with Crippen LogP contribution >= 0.6 is 0 Å². The predicted octanol–water partition coefficient (Wildman–Crippen LogP) is 1.42. The molecule has 2 rings (SSSR count). The molecule has 0 saturated heterocycles. The average molecular weight is 236 g/mol. The van der Waals surface area contributed by atoms with Crippen LogP contribution in [0.3, 0.4) is 0 Å². The molecule has 3 N–H and O–H groups in total. The van der Waals surface area contributed by atoms with E-state index in [0.29, 0.717) is 17.9 Å². The number of ether oxygens (including phenoxy) is 1. The third-order valence-corrected chi connectivity index (χ3v) is 3.21. The lowest BCUT2D eigenvalue weighted by molar-refractivity contribution is 0.326. The number of nitrogens with two attached hydrogens (primary N) is 1. The van der Waals surface area contributed by atoms with Crippen LogP contribution in [0.1, 0.15) is 26.2 Å². The van der Waals surface area contributed by atoms with Crippen LogP contribution in [-0.2, 0) is 0 Å². The molecule has 1 aromatic heterocycles. The number of hydrogen-bond donors (Lipinski definition) is 2. The Balaban J connectivity index is 1.88. The van der Waals surface area contributed by atoms with Crippen LogP contribution in [0.25, 0.3) is 0 Å². The summed E-state index contributed by atoms with van der Waals surface area (Å²) in [6.45, 7) is 4.26. The summed E-state index contributed by atoms with van der Waals surface area (Å²) < 4.78 is 5.33. The van der Waals surface area contributed by atoms with Gasteiger partial charge < -0.3 is 15.8 Å². The van der Waals surface area contributed by atoms with Crippen LogP contribution in [0, 0.1) is 5.41 Å². The fourth-order valence-electron chi connectivity index (χ4n) is 1.94. The summed E-state index contributed by atoms with van der Waals surface area (Å²) in [6, 6.07) is 1.84. The Kier molecular flexibility index (Phi) is 3.78. The van der Waals surface area contributed by atoms with E-state index in [2.05, 4.69) is 15.3 Å². The van der Waals surface area contributed by atoms with E-state index >= 15 is 0 Å². The highest BCUT2D eigenvalue weighted by molar-refractivity contribution is 5.37. The van der Waals surface area contributed by atoms with E-state index in [9.17, 15) is 0 Å². The van der Waals surface area contributed by atoms with Crippen molar-refractivity contribution in [1.29, 1.82) is 0 Å². The van der Waals surface area contributed by atoms with Crippen molar-refractivity contribution in [3.8, 4) is 5.88 Å². The second-order valence-electron chi connectivity index (χ2n) is 4.57. The van der Waals surface area contributed by atoms with Gasteiger partial charge in [0.2, 0.25) is 5.88 Å². The van der Waals surface area contributed by atoms with E-state index in [1.165, 1.54) is 19.2 Å².